The Morgan fingerprint density at radius 3 is 2.35 bits per heavy atom. The summed E-state index contributed by atoms with van der Waals surface area (Å²) >= 11 is 0. The summed E-state index contributed by atoms with van der Waals surface area (Å²) in [5, 5.41) is 3.77. The molecule has 2 heteroatoms. The van der Waals surface area contributed by atoms with Crippen molar-refractivity contribution < 1.29 is 4.42 Å². The first-order valence-corrected chi connectivity index (χ1v) is 7.00. The molecular formula is C15H25NO. The molecule has 1 aromatic heterocycles. The SMILES string of the molecule is Cc1cc(C(C)NC2CCCCCC2)c(C)o1. The van der Waals surface area contributed by atoms with Crippen LogP contribution in [0.4, 0.5) is 0 Å². The molecule has 1 unspecified atom stereocenters. The third-order valence-corrected chi connectivity index (χ3v) is 3.89. The molecule has 0 aromatic carbocycles. The van der Waals surface area contributed by atoms with E-state index in [4.69, 9.17) is 4.42 Å². The first-order chi connectivity index (χ1) is 8.16. The molecule has 0 amide bonds. The highest BCUT2D eigenvalue weighted by atomic mass is 16.3. The molecule has 1 N–H and O–H groups in total. The molecule has 0 spiro atoms. The molecule has 96 valence electrons. The summed E-state index contributed by atoms with van der Waals surface area (Å²) in [5.41, 5.74) is 1.33. The van der Waals surface area contributed by atoms with E-state index >= 15 is 0 Å². The fourth-order valence-corrected chi connectivity index (χ4v) is 2.97. The molecule has 1 heterocycles. The second-order valence-electron chi connectivity index (χ2n) is 5.45. The Bertz CT molecular complexity index is 348. The van der Waals surface area contributed by atoms with Crippen LogP contribution in [0.2, 0.25) is 0 Å². The Morgan fingerprint density at radius 1 is 1.18 bits per heavy atom. The van der Waals surface area contributed by atoms with E-state index in [9.17, 15) is 0 Å². The van der Waals surface area contributed by atoms with Gasteiger partial charge < -0.3 is 9.73 Å². The minimum Gasteiger partial charge on any atom is -0.466 e. The van der Waals surface area contributed by atoms with Crippen LogP contribution in [0.5, 0.6) is 0 Å². The topological polar surface area (TPSA) is 25.2 Å². The lowest BCUT2D eigenvalue weighted by atomic mass is 10.0. The van der Waals surface area contributed by atoms with Crippen LogP contribution in [0, 0.1) is 13.8 Å². The van der Waals surface area contributed by atoms with Gasteiger partial charge in [-0.05, 0) is 39.7 Å². The van der Waals surface area contributed by atoms with Crippen LogP contribution in [-0.4, -0.2) is 6.04 Å². The van der Waals surface area contributed by atoms with Crippen molar-refractivity contribution in [2.45, 2.75) is 71.4 Å². The predicted octanol–water partition coefficient (Wildman–Crippen LogP) is 4.27. The standard InChI is InChI=1S/C15H25NO/c1-11-10-15(13(3)17-11)12(2)16-14-8-6-4-5-7-9-14/h10,12,14,16H,4-9H2,1-3H3. The van der Waals surface area contributed by atoms with Crippen LogP contribution in [-0.2, 0) is 0 Å². The van der Waals surface area contributed by atoms with E-state index in [1.807, 2.05) is 6.92 Å². The van der Waals surface area contributed by atoms with E-state index in [1.165, 1.54) is 44.1 Å². The molecule has 0 saturated heterocycles. The lowest BCUT2D eigenvalue weighted by molar-refractivity contribution is 0.408. The van der Waals surface area contributed by atoms with Crippen molar-refractivity contribution in [3.63, 3.8) is 0 Å². The van der Waals surface area contributed by atoms with E-state index in [0.717, 1.165) is 11.5 Å². The third-order valence-electron chi connectivity index (χ3n) is 3.89. The van der Waals surface area contributed by atoms with E-state index < -0.39 is 0 Å². The summed E-state index contributed by atoms with van der Waals surface area (Å²) in [4.78, 5) is 0. The van der Waals surface area contributed by atoms with Gasteiger partial charge in [-0.15, -0.1) is 0 Å². The molecule has 0 aliphatic heterocycles. The number of nitrogens with one attached hydrogen (secondary N) is 1. The Kier molecular flexibility index (Phi) is 4.27. The predicted molar refractivity (Wildman–Crippen MR) is 71.2 cm³/mol. The molecule has 1 fully saturated rings. The zero-order chi connectivity index (χ0) is 12.3. The maximum atomic E-state index is 5.61. The number of hydrogen-bond donors (Lipinski definition) is 1. The molecule has 17 heavy (non-hydrogen) atoms. The second-order valence-corrected chi connectivity index (χ2v) is 5.45. The summed E-state index contributed by atoms with van der Waals surface area (Å²) in [7, 11) is 0. The number of aryl methyl sites for hydroxylation is 2. The number of furan rings is 1. The zero-order valence-corrected chi connectivity index (χ0v) is 11.4. The summed E-state index contributed by atoms with van der Waals surface area (Å²) < 4.78 is 5.61. The van der Waals surface area contributed by atoms with Crippen molar-refractivity contribution in [2.75, 3.05) is 0 Å². The van der Waals surface area contributed by atoms with Crippen LogP contribution in [0.25, 0.3) is 0 Å². The van der Waals surface area contributed by atoms with Crippen molar-refractivity contribution in [3.8, 4) is 0 Å². The van der Waals surface area contributed by atoms with Gasteiger partial charge in [-0.1, -0.05) is 25.7 Å². The summed E-state index contributed by atoms with van der Waals surface area (Å²) in [5.74, 6) is 2.09. The lowest BCUT2D eigenvalue weighted by Crippen LogP contribution is -2.31. The van der Waals surface area contributed by atoms with Gasteiger partial charge in [0.15, 0.2) is 0 Å². The van der Waals surface area contributed by atoms with Crippen LogP contribution in [0.3, 0.4) is 0 Å². The van der Waals surface area contributed by atoms with Gasteiger partial charge in [0.25, 0.3) is 0 Å². The molecule has 1 atom stereocenters. The molecule has 1 aliphatic carbocycles. The molecular weight excluding hydrogens is 210 g/mol. The highest BCUT2D eigenvalue weighted by molar-refractivity contribution is 5.23. The third kappa shape index (κ3) is 3.35. The molecule has 1 aliphatic rings. The van der Waals surface area contributed by atoms with Crippen LogP contribution in [0.15, 0.2) is 10.5 Å². The van der Waals surface area contributed by atoms with Crippen molar-refractivity contribution >= 4 is 0 Å². The lowest BCUT2D eigenvalue weighted by Gasteiger charge is -2.21. The minimum atomic E-state index is 0.413. The van der Waals surface area contributed by atoms with Gasteiger partial charge in [0.1, 0.15) is 11.5 Å². The maximum Gasteiger partial charge on any atom is 0.105 e. The fraction of sp³-hybridized carbons (Fsp3) is 0.733. The molecule has 2 rings (SSSR count). The van der Waals surface area contributed by atoms with Crippen LogP contribution in [0.1, 0.15) is 68.6 Å². The van der Waals surface area contributed by atoms with Gasteiger partial charge in [-0.2, -0.15) is 0 Å². The Morgan fingerprint density at radius 2 is 1.82 bits per heavy atom. The van der Waals surface area contributed by atoms with E-state index in [2.05, 4.69) is 25.2 Å². The highest BCUT2D eigenvalue weighted by Gasteiger charge is 2.18. The fourth-order valence-electron chi connectivity index (χ4n) is 2.97. The normalized spacial score (nSPS) is 20.2. The van der Waals surface area contributed by atoms with Gasteiger partial charge in [0.05, 0.1) is 0 Å². The van der Waals surface area contributed by atoms with Crippen molar-refractivity contribution in [3.05, 3.63) is 23.2 Å². The van der Waals surface area contributed by atoms with Gasteiger partial charge in [-0.25, -0.2) is 0 Å². The van der Waals surface area contributed by atoms with Gasteiger partial charge in [-0.3, -0.25) is 0 Å². The zero-order valence-electron chi connectivity index (χ0n) is 11.4. The first-order valence-electron chi connectivity index (χ1n) is 7.00. The van der Waals surface area contributed by atoms with Crippen molar-refractivity contribution in [1.82, 2.24) is 5.32 Å². The highest BCUT2D eigenvalue weighted by Crippen LogP contribution is 2.24. The first kappa shape index (κ1) is 12.7. The summed E-state index contributed by atoms with van der Waals surface area (Å²) in [6.07, 6.45) is 8.26. The Labute approximate surface area is 105 Å². The maximum absolute atomic E-state index is 5.61. The Hall–Kier alpha value is -0.760. The van der Waals surface area contributed by atoms with Gasteiger partial charge in [0, 0.05) is 17.6 Å². The molecule has 0 bridgehead atoms. The van der Waals surface area contributed by atoms with Crippen molar-refractivity contribution in [2.24, 2.45) is 0 Å². The van der Waals surface area contributed by atoms with Crippen LogP contribution < -0.4 is 5.32 Å². The number of hydrogen-bond acceptors (Lipinski definition) is 2. The molecule has 1 saturated carbocycles. The van der Waals surface area contributed by atoms with Gasteiger partial charge >= 0.3 is 0 Å². The molecule has 2 nitrogen and oxygen atoms in total. The molecule has 1 aromatic rings. The number of rotatable bonds is 3. The van der Waals surface area contributed by atoms with Gasteiger partial charge in [0.2, 0.25) is 0 Å². The smallest absolute Gasteiger partial charge is 0.105 e. The second kappa shape index (κ2) is 5.72. The minimum absolute atomic E-state index is 0.413. The largest absolute Gasteiger partial charge is 0.466 e. The summed E-state index contributed by atoms with van der Waals surface area (Å²) in [6, 6.07) is 3.28. The monoisotopic (exact) mass is 235 g/mol. The van der Waals surface area contributed by atoms with Crippen LogP contribution >= 0.6 is 0 Å². The summed E-state index contributed by atoms with van der Waals surface area (Å²) in [6.45, 7) is 6.34. The van der Waals surface area contributed by atoms with E-state index in [1.54, 1.807) is 0 Å². The van der Waals surface area contributed by atoms with E-state index in [0.29, 0.717) is 12.1 Å². The molecule has 0 radical (unpaired) electrons. The van der Waals surface area contributed by atoms with Crippen molar-refractivity contribution in [1.29, 1.82) is 0 Å². The Balaban J connectivity index is 1.95. The average Bonchev–Trinajstić information content (AvgIpc) is 2.51. The van der Waals surface area contributed by atoms with E-state index in [-0.39, 0.29) is 0 Å². The average molecular weight is 235 g/mol. The quantitative estimate of drug-likeness (QED) is 0.791.